The Morgan fingerprint density at radius 2 is 1.69 bits per heavy atom. The minimum absolute atomic E-state index is 0.0961. The van der Waals surface area contributed by atoms with E-state index in [9.17, 15) is 9.59 Å². The van der Waals surface area contributed by atoms with Gasteiger partial charge in [0, 0.05) is 26.2 Å². The second kappa shape index (κ2) is 16.0. The van der Waals surface area contributed by atoms with Crippen molar-refractivity contribution in [1.29, 1.82) is 0 Å². The van der Waals surface area contributed by atoms with E-state index in [4.69, 9.17) is 9.47 Å². The van der Waals surface area contributed by atoms with E-state index in [2.05, 4.69) is 48.5 Å². The first-order chi connectivity index (χ1) is 20.4. The van der Waals surface area contributed by atoms with Gasteiger partial charge in [-0.1, -0.05) is 61.5 Å². The Kier molecular flexibility index (Phi) is 11.8. The third-order valence-electron chi connectivity index (χ3n) is 7.62. The molecule has 0 unspecified atom stereocenters. The lowest BCUT2D eigenvalue weighted by Crippen LogP contribution is -2.49. The van der Waals surface area contributed by atoms with Crippen LogP contribution in [0.2, 0.25) is 0 Å². The van der Waals surface area contributed by atoms with Crippen LogP contribution in [0.25, 0.3) is 0 Å². The number of nitrogens with one attached hydrogen (secondary N) is 1. The van der Waals surface area contributed by atoms with Gasteiger partial charge in [-0.3, -0.25) is 9.59 Å². The molecule has 3 aromatic rings. The Balaban J connectivity index is 1.36. The fourth-order valence-electron chi connectivity index (χ4n) is 5.25. The van der Waals surface area contributed by atoms with Gasteiger partial charge in [-0.25, -0.2) is 0 Å². The second-order valence-electron chi connectivity index (χ2n) is 11.2. The molecule has 0 spiro atoms. The summed E-state index contributed by atoms with van der Waals surface area (Å²) < 4.78 is 11.8. The highest BCUT2D eigenvalue weighted by molar-refractivity contribution is 5.88. The molecular weight excluding hydrogens is 526 g/mol. The number of likely N-dealkylation sites (N-methyl/N-ethyl adjacent to an activating group) is 1. The van der Waals surface area contributed by atoms with E-state index in [1.807, 2.05) is 55.5 Å². The Hall–Kier alpha value is -3.84. The number of carbonyl (C=O) groups is 2. The van der Waals surface area contributed by atoms with Crippen LogP contribution in [0, 0.1) is 6.92 Å². The van der Waals surface area contributed by atoms with Crippen LogP contribution in [0.15, 0.2) is 72.8 Å². The Labute approximate surface area is 250 Å². The number of ether oxygens (including phenoxy) is 2. The van der Waals surface area contributed by atoms with Crippen molar-refractivity contribution in [2.45, 2.75) is 65.1 Å². The zero-order valence-corrected chi connectivity index (χ0v) is 25.3. The fourth-order valence-corrected chi connectivity index (χ4v) is 5.25. The van der Waals surface area contributed by atoms with Gasteiger partial charge >= 0.3 is 0 Å². The highest BCUT2D eigenvalue weighted by Gasteiger charge is 2.31. The van der Waals surface area contributed by atoms with Crippen molar-refractivity contribution in [3.05, 3.63) is 95.1 Å². The first-order valence-corrected chi connectivity index (χ1v) is 15.2. The number of benzene rings is 3. The smallest absolute Gasteiger partial charge is 0.261 e. The number of amides is 2. The van der Waals surface area contributed by atoms with Crippen LogP contribution in [-0.4, -0.2) is 61.0 Å². The predicted molar refractivity (Wildman–Crippen MR) is 167 cm³/mol. The van der Waals surface area contributed by atoms with E-state index < -0.39 is 6.04 Å². The first kappa shape index (κ1) is 31.1. The van der Waals surface area contributed by atoms with Gasteiger partial charge in [0.15, 0.2) is 6.61 Å². The summed E-state index contributed by atoms with van der Waals surface area (Å²) in [6, 6.07) is 23.9. The third kappa shape index (κ3) is 9.35. The molecule has 7 nitrogen and oxygen atoms in total. The van der Waals surface area contributed by atoms with Gasteiger partial charge in [-0.2, -0.15) is 0 Å². The van der Waals surface area contributed by atoms with Gasteiger partial charge in [-0.05, 0) is 86.5 Å². The molecule has 1 heterocycles. The van der Waals surface area contributed by atoms with Gasteiger partial charge in [0.05, 0.1) is 6.61 Å². The maximum atomic E-state index is 13.6. The number of nitrogens with zero attached hydrogens (tertiary/aromatic N) is 2. The maximum absolute atomic E-state index is 13.6. The van der Waals surface area contributed by atoms with Gasteiger partial charge < -0.3 is 24.6 Å². The maximum Gasteiger partial charge on any atom is 0.261 e. The van der Waals surface area contributed by atoms with Gasteiger partial charge in [0.2, 0.25) is 5.91 Å². The summed E-state index contributed by atoms with van der Waals surface area (Å²) in [5.74, 6) is 1.18. The molecule has 4 rings (SSSR count). The molecule has 0 bridgehead atoms. The van der Waals surface area contributed by atoms with Gasteiger partial charge in [0.1, 0.15) is 17.5 Å². The van der Waals surface area contributed by atoms with Crippen molar-refractivity contribution in [1.82, 2.24) is 15.1 Å². The number of aryl methyl sites for hydroxylation is 1. The minimum Gasteiger partial charge on any atom is -0.493 e. The molecular formula is C35H45N3O4. The molecule has 1 N–H and O–H groups in total. The largest absolute Gasteiger partial charge is 0.493 e. The van der Waals surface area contributed by atoms with Crippen molar-refractivity contribution in [2.24, 2.45) is 0 Å². The van der Waals surface area contributed by atoms with Crippen LogP contribution in [0.4, 0.5) is 0 Å². The summed E-state index contributed by atoms with van der Waals surface area (Å²) in [5.41, 5.74) is 4.49. The first-order valence-electron chi connectivity index (χ1n) is 15.2. The monoisotopic (exact) mass is 571 g/mol. The molecule has 0 radical (unpaired) electrons. The van der Waals surface area contributed by atoms with E-state index in [0.717, 1.165) is 55.6 Å². The second-order valence-corrected chi connectivity index (χ2v) is 11.2. The molecule has 1 atom stereocenters. The van der Waals surface area contributed by atoms with Crippen LogP contribution < -0.4 is 14.8 Å². The van der Waals surface area contributed by atoms with Crippen molar-refractivity contribution in [3.63, 3.8) is 0 Å². The Morgan fingerprint density at radius 3 is 2.43 bits per heavy atom. The SMILES string of the molecule is CCCOc1ccc(CN(C(=O)COc2ccc(CN(C)CCc3ccccc3)cc2)[C@H]2CCCCNC2=O)cc1C. The summed E-state index contributed by atoms with van der Waals surface area (Å²) in [6.45, 7) is 7.40. The molecule has 42 heavy (non-hydrogen) atoms. The number of rotatable bonds is 14. The molecule has 1 aliphatic heterocycles. The molecule has 224 valence electrons. The standard InChI is InChI=1S/C35H45N3O4/c1-4-22-41-33-18-15-30(23-27(33)2)25-38(32-12-8-9-20-36-35(32)40)34(39)26-42-31-16-13-29(14-17-31)24-37(3)21-19-28-10-6-5-7-11-28/h5-7,10-11,13-18,23,32H,4,8-9,12,19-22,24-26H2,1-3H3,(H,36,40)/t32-/m0/s1. The lowest BCUT2D eigenvalue weighted by molar-refractivity contribution is -0.142. The number of hydrogen-bond donors (Lipinski definition) is 1. The zero-order valence-electron chi connectivity index (χ0n) is 25.3. The molecule has 2 amide bonds. The van der Waals surface area contributed by atoms with Crippen LogP contribution >= 0.6 is 0 Å². The molecule has 1 saturated heterocycles. The van der Waals surface area contributed by atoms with E-state index in [1.54, 1.807) is 4.90 Å². The predicted octanol–water partition coefficient (Wildman–Crippen LogP) is 5.53. The number of carbonyl (C=O) groups excluding carboxylic acids is 2. The van der Waals surface area contributed by atoms with Crippen molar-refractivity contribution in [3.8, 4) is 11.5 Å². The fraction of sp³-hybridized carbons (Fsp3) is 0.429. The average Bonchev–Trinajstić information content (AvgIpc) is 3.22. The summed E-state index contributed by atoms with van der Waals surface area (Å²) in [5, 5.41) is 2.98. The van der Waals surface area contributed by atoms with E-state index in [0.29, 0.717) is 31.9 Å². The van der Waals surface area contributed by atoms with E-state index in [-0.39, 0.29) is 18.4 Å². The van der Waals surface area contributed by atoms with E-state index >= 15 is 0 Å². The summed E-state index contributed by atoms with van der Waals surface area (Å²) in [7, 11) is 2.12. The number of hydrogen-bond acceptors (Lipinski definition) is 5. The van der Waals surface area contributed by atoms with Crippen molar-refractivity contribution < 1.29 is 19.1 Å². The quantitative estimate of drug-likeness (QED) is 0.275. The average molecular weight is 572 g/mol. The van der Waals surface area contributed by atoms with Crippen molar-refractivity contribution >= 4 is 11.8 Å². The molecule has 3 aromatic carbocycles. The molecule has 1 fully saturated rings. The van der Waals surface area contributed by atoms with Crippen LogP contribution in [-0.2, 0) is 29.1 Å². The molecule has 0 aromatic heterocycles. The van der Waals surface area contributed by atoms with Gasteiger partial charge in [0.25, 0.3) is 5.91 Å². The molecule has 0 aliphatic carbocycles. The highest BCUT2D eigenvalue weighted by atomic mass is 16.5. The topological polar surface area (TPSA) is 71.1 Å². The Morgan fingerprint density at radius 1 is 0.929 bits per heavy atom. The third-order valence-corrected chi connectivity index (χ3v) is 7.62. The lowest BCUT2D eigenvalue weighted by Gasteiger charge is -2.30. The Bertz CT molecular complexity index is 1280. The van der Waals surface area contributed by atoms with Crippen LogP contribution in [0.1, 0.15) is 54.9 Å². The lowest BCUT2D eigenvalue weighted by atomic mass is 10.1. The van der Waals surface area contributed by atoms with Crippen molar-refractivity contribution in [2.75, 3.05) is 33.4 Å². The zero-order chi connectivity index (χ0) is 29.7. The van der Waals surface area contributed by atoms with Gasteiger partial charge in [-0.15, -0.1) is 0 Å². The molecule has 1 aliphatic rings. The summed E-state index contributed by atoms with van der Waals surface area (Å²) in [4.78, 5) is 30.5. The van der Waals surface area contributed by atoms with Crippen LogP contribution in [0.5, 0.6) is 11.5 Å². The summed E-state index contributed by atoms with van der Waals surface area (Å²) in [6.07, 6.45) is 4.39. The molecule has 7 heteroatoms. The van der Waals surface area contributed by atoms with E-state index in [1.165, 1.54) is 11.1 Å². The molecule has 0 saturated carbocycles. The minimum atomic E-state index is -0.520. The highest BCUT2D eigenvalue weighted by Crippen LogP contribution is 2.23. The van der Waals surface area contributed by atoms with Crippen LogP contribution in [0.3, 0.4) is 0 Å². The normalized spacial score (nSPS) is 15.1. The summed E-state index contributed by atoms with van der Waals surface area (Å²) >= 11 is 0.